The van der Waals surface area contributed by atoms with Gasteiger partial charge in [0, 0.05) is 17.5 Å². The molecule has 33 heavy (non-hydrogen) atoms. The van der Waals surface area contributed by atoms with Crippen molar-refractivity contribution in [3.8, 4) is 0 Å². The molecule has 0 unspecified atom stereocenters. The third-order valence-corrected chi connectivity index (χ3v) is 5.12. The minimum atomic E-state index is -1.20. The lowest BCUT2D eigenvalue weighted by Gasteiger charge is -2.23. The second kappa shape index (κ2) is 11.1. The minimum absolute atomic E-state index is 0.00910. The highest BCUT2D eigenvalue weighted by Crippen LogP contribution is 2.13. The number of aromatic nitrogens is 1. The third kappa shape index (κ3) is 6.77. The summed E-state index contributed by atoms with van der Waals surface area (Å²) in [5.41, 5.74) is 2.10. The number of aliphatic carboxylic acids is 1. The molecule has 8 nitrogen and oxygen atoms in total. The van der Waals surface area contributed by atoms with E-state index in [9.17, 15) is 19.5 Å². The molecule has 0 aliphatic carbocycles. The van der Waals surface area contributed by atoms with E-state index >= 15 is 0 Å². The van der Waals surface area contributed by atoms with E-state index in [1.165, 1.54) is 0 Å². The first-order valence-electron chi connectivity index (χ1n) is 10.7. The molecule has 2 aromatic carbocycles. The summed E-state index contributed by atoms with van der Waals surface area (Å²) in [5.74, 6) is -2.08. The highest BCUT2D eigenvalue weighted by Gasteiger charge is 2.29. The van der Waals surface area contributed by atoms with Crippen LogP contribution in [-0.2, 0) is 27.4 Å². The molecule has 0 bridgehead atoms. The van der Waals surface area contributed by atoms with Crippen LogP contribution in [0.3, 0.4) is 0 Å². The second-order valence-electron chi connectivity index (χ2n) is 8.03. The minimum Gasteiger partial charge on any atom is -0.480 e. The molecule has 1 aromatic heterocycles. The summed E-state index contributed by atoms with van der Waals surface area (Å²) in [7, 11) is 0. The first kappa shape index (κ1) is 23.7. The fraction of sp³-hybridized carbons (Fsp3) is 0.280. The Bertz CT molecular complexity index is 1120. The number of rotatable bonds is 9. The Hall–Kier alpha value is -3.94. The van der Waals surface area contributed by atoms with Gasteiger partial charge in [-0.2, -0.15) is 0 Å². The SMILES string of the molecule is CC(C)[C@@H](NC(=O)OCc1ccccc1)C(=O)N[C@@H](Cc1ccc2ccccc2n1)C(=O)O. The van der Waals surface area contributed by atoms with Crippen molar-refractivity contribution in [1.29, 1.82) is 0 Å². The maximum atomic E-state index is 12.8. The number of ether oxygens (including phenoxy) is 1. The maximum absolute atomic E-state index is 12.8. The molecule has 0 radical (unpaired) electrons. The van der Waals surface area contributed by atoms with Crippen LogP contribution >= 0.6 is 0 Å². The molecular formula is C25H27N3O5. The van der Waals surface area contributed by atoms with Gasteiger partial charge in [-0.3, -0.25) is 9.78 Å². The van der Waals surface area contributed by atoms with Gasteiger partial charge in [-0.25, -0.2) is 9.59 Å². The number of para-hydroxylation sites is 1. The fourth-order valence-electron chi connectivity index (χ4n) is 3.32. The number of benzene rings is 2. The van der Waals surface area contributed by atoms with E-state index in [-0.39, 0.29) is 18.9 Å². The van der Waals surface area contributed by atoms with Crippen molar-refractivity contribution in [2.45, 2.75) is 39.0 Å². The van der Waals surface area contributed by atoms with Crippen LogP contribution in [0.5, 0.6) is 0 Å². The molecule has 3 N–H and O–H groups in total. The average molecular weight is 450 g/mol. The number of carbonyl (C=O) groups excluding carboxylic acids is 2. The largest absolute Gasteiger partial charge is 0.480 e. The fourth-order valence-corrected chi connectivity index (χ4v) is 3.32. The van der Waals surface area contributed by atoms with Gasteiger partial charge >= 0.3 is 12.1 Å². The molecule has 0 aliphatic rings. The van der Waals surface area contributed by atoms with Gasteiger partial charge in [0.05, 0.1) is 5.52 Å². The number of nitrogens with one attached hydrogen (secondary N) is 2. The summed E-state index contributed by atoms with van der Waals surface area (Å²) < 4.78 is 5.19. The van der Waals surface area contributed by atoms with Gasteiger partial charge in [0.2, 0.25) is 5.91 Å². The highest BCUT2D eigenvalue weighted by atomic mass is 16.5. The molecule has 2 amide bonds. The zero-order valence-electron chi connectivity index (χ0n) is 18.5. The Morgan fingerprint density at radius 3 is 2.33 bits per heavy atom. The van der Waals surface area contributed by atoms with E-state index in [4.69, 9.17) is 4.74 Å². The number of carbonyl (C=O) groups is 3. The van der Waals surface area contributed by atoms with Crippen LogP contribution in [0.1, 0.15) is 25.1 Å². The van der Waals surface area contributed by atoms with Gasteiger partial charge in [0.1, 0.15) is 18.7 Å². The molecule has 0 saturated carbocycles. The van der Waals surface area contributed by atoms with Crippen LogP contribution in [0, 0.1) is 5.92 Å². The first-order valence-corrected chi connectivity index (χ1v) is 10.7. The lowest BCUT2D eigenvalue weighted by molar-refractivity contribution is -0.142. The van der Waals surface area contributed by atoms with E-state index < -0.39 is 30.1 Å². The third-order valence-electron chi connectivity index (χ3n) is 5.12. The summed E-state index contributed by atoms with van der Waals surface area (Å²) >= 11 is 0. The lowest BCUT2D eigenvalue weighted by atomic mass is 10.0. The zero-order chi connectivity index (χ0) is 23.8. The molecule has 0 saturated heterocycles. The summed E-state index contributed by atoms with van der Waals surface area (Å²) in [6.07, 6.45) is -0.745. The Morgan fingerprint density at radius 1 is 0.939 bits per heavy atom. The molecule has 172 valence electrons. The number of carboxylic acid groups (broad SMARTS) is 1. The number of fused-ring (bicyclic) bond motifs is 1. The van der Waals surface area contributed by atoms with Gasteiger partial charge in [-0.1, -0.05) is 68.4 Å². The normalized spacial score (nSPS) is 12.7. The molecule has 0 aliphatic heterocycles. The summed E-state index contributed by atoms with van der Waals surface area (Å²) in [6.45, 7) is 3.56. The van der Waals surface area contributed by atoms with E-state index in [1.54, 1.807) is 19.9 Å². The summed E-state index contributed by atoms with van der Waals surface area (Å²) in [5, 5.41) is 15.7. The van der Waals surface area contributed by atoms with Crippen LogP contribution in [0.2, 0.25) is 0 Å². The Balaban J connectivity index is 1.63. The van der Waals surface area contributed by atoms with Crippen molar-refractivity contribution in [1.82, 2.24) is 15.6 Å². The Morgan fingerprint density at radius 2 is 1.64 bits per heavy atom. The van der Waals surface area contributed by atoms with Gasteiger partial charge in [-0.15, -0.1) is 0 Å². The monoisotopic (exact) mass is 449 g/mol. The van der Waals surface area contributed by atoms with Crippen LogP contribution in [0.4, 0.5) is 4.79 Å². The number of nitrogens with zero attached hydrogens (tertiary/aromatic N) is 1. The highest BCUT2D eigenvalue weighted by molar-refractivity contribution is 5.89. The smallest absolute Gasteiger partial charge is 0.408 e. The van der Waals surface area contributed by atoms with Crippen molar-refractivity contribution < 1.29 is 24.2 Å². The van der Waals surface area contributed by atoms with E-state index in [0.717, 1.165) is 16.5 Å². The number of alkyl carbamates (subject to hydrolysis) is 1. The predicted molar refractivity (Wildman–Crippen MR) is 123 cm³/mol. The Labute approximate surface area is 192 Å². The topological polar surface area (TPSA) is 118 Å². The van der Waals surface area contributed by atoms with Crippen LogP contribution in [0.15, 0.2) is 66.7 Å². The number of pyridine rings is 1. The van der Waals surface area contributed by atoms with Crippen LogP contribution in [0.25, 0.3) is 10.9 Å². The molecule has 1 heterocycles. The van der Waals surface area contributed by atoms with Crippen LogP contribution in [-0.4, -0.2) is 40.1 Å². The number of hydrogen-bond acceptors (Lipinski definition) is 5. The number of amides is 2. The van der Waals surface area contributed by atoms with Crippen molar-refractivity contribution in [2.24, 2.45) is 5.92 Å². The summed E-state index contributed by atoms with van der Waals surface area (Å²) in [6, 6.07) is 18.1. The summed E-state index contributed by atoms with van der Waals surface area (Å²) in [4.78, 5) is 41.4. The number of hydrogen-bond donors (Lipinski definition) is 3. The Kier molecular flexibility index (Phi) is 7.96. The standard InChI is InChI=1S/C25H27N3O5/c1-16(2)22(28-25(32)33-15-17-8-4-3-5-9-17)23(29)27-21(24(30)31)14-19-13-12-18-10-6-7-11-20(18)26-19/h3-13,16,21-22H,14-15H2,1-2H3,(H,27,29)(H,28,32)(H,30,31)/t21-,22+/m0/s1. The second-order valence-corrected chi connectivity index (χ2v) is 8.03. The quantitative estimate of drug-likeness (QED) is 0.461. The molecule has 0 fully saturated rings. The number of carboxylic acids is 1. The van der Waals surface area contributed by atoms with Gasteiger partial charge in [0.15, 0.2) is 0 Å². The van der Waals surface area contributed by atoms with E-state index in [2.05, 4.69) is 15.6 Å². The molecular weight excluding hydrogens is 422 g/mol. The molecule has 3 rings (SSSR count). The van der Waals surface area contributed by atoms with Gasteiger partial charge in [-0.05, 0) is 23.6 Å². The molecule has 2 atom stereocenters. The maximum Gasteiger partial charge on any atom is 0.408 e. The van der Waals surface area contributed by atoms with Gasteiger partial charge < -0.3 is 20.5 Å². The van der Waals surface area contributed by atoms with E-state index in [0.29, 0.717) is 5.69 Å². The average Bonchev–Trinajstić information content (AvgIpc) is 2.81. The van der Waals surface area contributed by atoms with Crippen molar-refractivity contribution in [3.63, 3.8) is 0 Å². The molecule has 0 spiro atoms. The van der Waals surface area contributed by atoms with Crippen molar-refractivity contribution in [3.05, 3.63) is 78.0 Å². The molecule has 3 aromatic rings. The molecule has 8 heteroatoms. The van der Waals surface area contributed by atoms with Crippen molar-refractivity contribution >= 4 is 28.9 Å². The van der Waals surface area contributed by atoms with Crippen LogP contribution < -0.4 is 10.6 Å². The lowest BCUT2D eigenvalue weighted by Crippen LogP contribution is -2.54. The van der Waals surface area contributed by atoms with Crippen molar-refractivity contribution in [2.75, 3.05) is 0 Å². The van der Waals surface area contributed by atoms with Gasteiger partial charge in [0.25, 0.3) is 0 Å². The first-order chi connectivity index (χ1) is 15.8. The van der Waals surface area contributed by atoms with E-state index in [1.807, 2.05) is 60.7 Å². The predicted octanol–water partition coefficient (Wildman–Crippen LogP) is 3.30. The zero-order valence-corrected chi connectivity index (χ0v) is 18.5.